The van der Waals surface area contributed by atoms with Gasteiger partial charge in [0.05, 0.1) is 12.2 Å². The topological polar surface area (TPSA) is 49.7 Å². The second-order valence-electron chi connectivity index (χ2n) is 3.00. The summed E-state index contributed by atoms with van der Waals surface area (Å²) in [5.74, 6) is -0.156. The van der Waals surface area contributed by atoms with Crippen molar-refractivity contribution in [3.05, 3.63) is 0 Å². The molecule has 1 aliphatic heterocycles. The number of hydrogen-bond acceptors (Lipinski definition) is 3. The minimum absolute atomic E-state index is 0.0267. The lowest BCUT2D eigenvalue weighted by Crippen LogP contribution is -2.41. The lowest BCUT2D eigenvalue weighted by molar-refractivity contribution is -0.215. The molecule has 0 saturated carbocycles. The Morgan fingerprint density at radius 1 is 1.30 bits per heavy atom. The van der Waals surface area contributed by atoms with Crippen LogP contribution in [0, 0.1) is 5.92 Å². The summed E-state index contributed by atoms with van der Waals surface area (Å²) in [6, 6.07) is 0. The van der Waals surface area contributed by atoms with Crippen molar-refractivity contribution >= 4 is 0 Å². The van der Waals surface area contributed by atoms with Crippen LogP contribution < -0.4 is 0 Å². The van der Waals surface area contributed by atoms with Gasteiger partial charge in [-0.25, -0.2) is 0 Å². The first-order chi connectivity index (χ1) is 4.61. The molecule has 4 atom stereocenters. The average Bonchev–Trinajstić information content (AvgIpc) is 1.82. The molecule has 1 saturated heterocycles. The van der Waals surface area contributed by atoms with Gasteiger partial charge >= 0.3 is 0 Å². The molecule has 1 heterocycles. The standard InChI is InChI=1S/C7H14O3/c1-4-3-6(8)5(2)7(9)10-4/h4-9H,3H2,1-2H3/t4?,5?,6-,7?/m1/s1. The van der Waals surface area contributed by atoms with Crippen LogP contribution in [-0.2, 0) is 4.74 Å². The summed E-state index contributed by atoms with van der Waals surface area (Å²) in [4.78, 5) is 0. The van der Waals surface area contributed by atoms with Crippen LogP contribution in [0.5, 0.6) is 0 Å². The average molecular weight is 146 g/mol. The van der Waals surface area contributed by atoms with Crippen molar-refractivity contribution in [1.82, 2.24) is 0 Å². The maximum atomic E-state index is 9.28. The third kappa shape index (κ3) is 1.48. The van der Waals surface area contributed by atoms with E-state index < -0.39 is 12.4 Å². The molecule has 1 aliphatic rings. The van der Waals surface area contributed by atoms with Gasteiger partial charge in [0.15, 0.2) is 6.29 Å². The molecule has 1 rings (SSSR count). The van der Waals surface area contributed by atoms with Crippen LogP contribution in [0.25, 0.3) is 0 Å². The number of rotatable bonds is 0. The van der Waals surface area contributed by atoms with Gasteiger partial charge in [0.25, 0.3) is 0 Å². The largest absolute Gasteiger partial charge is 0.393 e. The first kappa shape index (κ1) is 7.98. The molecule has 3 heteroatoms. The predicted molar refractivity (Wildman–Crippen MR) is 36.3 cm³/mol. The van der Waals surface area contributed by atoms with Gasteiger partial charge in [-0.15, -0.1) is 0 Å². The molecule has 0 spiro atoms. The molecule has 3 unspecified atom stereocenters. The minimum atomic E-state index is -0.793. The van der Waals surface area contributed by atoms with E-state index >= 15 is 0 Å². The molecule has 0 bridgehead atoms. The SMILES string of the molecule is CC1C[C@@H](O)C(C)C(O)O1. The second-order valence-corrected chi connectivity index (χ2v) is 3.00. The Morgan fingerprint density at radius 2 is 1.90 bits per heavy atom. The lowest BCUT2D eigenvalue weighted by atomic mass is 9.96. The highest BCUT2D eigenvalue weighted by molar-refractivity contribution is 4.75. The zero-order valence-corrected chi connectivity index (χ0v) is 6.32. The van der Waals surface area contributed by atoms with Crippen LogP contribution in [0.1, 0.15) is 20.3 Å². The molecule has 1 fully saturated rings. The summed E-state index contributed by atoms with van der Waals surface area (Å²) in [6.07, 6.45) is -0.614. The highest BCUT2D eigenvalue weighted by Gasteiger charge is 2.31. The Hall–Kier alpha value is -0.120. The monoisotopic (exact) mass is 146 g/mol. The highest BCUT2D eigenvalue weighted by atomic mass is 16.6. The summed E-state index contributed by atoms with van der Waals surface area (Å²) in [5.41, 5.74) is 0. The molecule has 0 radical (unpaired) electrons. The Balaban J connectivity index is 2.49. The van der Waals surface area contributed by atoms with Crippen LogP contribution in [0.15, 0.2) is 0 Å². The molecule has 0 aliphatic carbocycles. The van der Waals surface area contributed by atoms with Crippen molar-refractivity contribution < 1.29 is 14.9 Å². The van der Waals surface area contributed by atoms with Gasteiger partial charge in [-0.1, -0.05) is 6.92 Å². The van der Waals surface area contributed by atoms with E-state index in [1.807, 2.05) is 6.92 Å². The number of aliphatic hydroxyl groups excluding tert-OH is 2. The molecule has 2 N–H and O–H groups in total. The fourth-order valence-corrected chi connectivity index (χ4v) is 1.16. The summed E-state index contributed by atoms with van der Waals surface area (Å²) < 4.78 is 5.06. The van der Waals surface area contributed by atoms with E-state index in [2.05, 4.69) is 0 Å². The summed E-state index contributed by atoms with van der Waals surface area (Å²) in [5, 5.41) is 18.4. The number of aliphatic hydroxyl groups is 2. The Bertz CT molecular complexity index is 103. The van der Waals surface area contributed by atoms with Gasteiger partial charge in [-0.2, -0.15) is 0 Å². The second kappa shape index (κ2) is 2.86. The Morgan fingerprint density at radius 3 is 2.40 bits per heavy atom. The van der Waals surface area contributed by atoms with Crippen molar-refractivity contribution in [2.45, 2.75) is 38.8 Å². The Labute approximate surface area is 60.6 Å². The summed E-state index contributed by atoms with van der Waals surface area (Å²) in [6.45, 7) is 3.62. The zero-order chi connectivity index (χ0) is 7.72. The van der Waals surface area contributed by atoms with Gasteiger partial charge in [0.1, 0.15) is 0 Å². The third-order valence-electron chi connectivity index (χ3n) is 2.00. The molecule has 0 amide bonds. The van der Waals surface area contributed by atoms with Crippen molar-refractivity contribution in [3.63, 3.8) is 0 Å². The molecule has 3 nitrogen and oxygen atoms in total. The third-order valence-corrected chi connectivity index (χ3v) is 2.00. The van der Waals surface area contributed by atoms with Gasteiger partial charge in [-0.05, 0) is 13.3 Å². The van der Waals surface area contributed by atoms with E-state index in [0.29, 0.717) is 6.42 Å². The fraction of sp³-hybridized carbons (Fsp3) is 1.00. The van der Waals surface area contributed by atoms with Crippen molar-refractivity contribution in [2.75, 3.05) is 0 Å². The smallest absolute Gasteiger partial charge is 0.159 e. The predicted octanol–water partition coefficient (Wildman–Crippen LogP) is 0.111. The van der Waals surface area contributed by atoms with E-state index in [-0.39, 0.29) is 12.0 Å². The van der Waals surface area contributed by atoms with E-state index in [0.717, 1.165) is 0 Å². The number of hydrogen-bond donors (Lipinski definition) is 2. The van der Waals surface area contributed by atoms with Crippen LogP contribution in [0.4, 0.5) is 0 Å². The first-order valence-electron chi connectivity index (χ1n) is 3.63. The van der Waals surface area contributed by atoms with E-state index in [4.69, 9.17) is 9.84 Å². The van der Waals surface area contributed by atoms with Crippen LogP contribution in [0.3, 0.4) is 0 Å². The van der Waals surface area contributed by atoms with Crippen molar-refractivity contribution in [2.24, 2.45) is 5.92 Å². The fourth-order valence-electron chi connectivity index (χ4n) is 1.16. The van der Waals surface area contributed by atoms with Crippen LogP contribution in [0.2, 0.25) is 0 Å². The molecular weight excluding hydrogens is 132 g/mol. The minimum Gasteiger partial charge on any atom is -0.393 e. The Kier molecular flexibility index (Phi) is 2.28. The summed E-state index contributed by atoms with van der Waals surface area (Å²) in [7, 11) is 0. The maximum absolute atomic E-state index is 9.28. The highest BCUT2D eigenvalue weighted by Crippen LogP contribution is 2.22. The number of ether oxygens (including phenoxy) is 1. The van der Waals surface area contributed by atoms with E-state index in [9.17, 15) is 5.11 Å². The van der Waals surface area contributed by atoms with Crippen LogP contribution in [-0.4, -0.2) is 28.7 Å². The lowest BCUT2D eigenvalue weighted by Gasteiger charge is -2.33. The van der Waals surface area contributed by atoms with Gasteiger partial charge in [-0.3, -0.25) is 0 Å². The normalized spacial score (nSPS) is 49.2. The van der Waals surface area contributed by atoms with Crippen molar-refractivity contribution in [3.8, 4) is 0 Å². The molecule has 10 heavy (non-hydrogen) atoms. The molecule has 60 valence electrons. The van der Waals surface area contributed by atoms with Crippen LogP contribution >= 0.6 is 0 Å². The zero-order valence-electron chi connectivity index (χ0n) is 6.32. The van der Waals surface area contributed by atoms with Gasteiger partial charge < -0.3 is 14.9 Å². The molecule has 0 aromatic rings. The first-order valence-corrected chi connectivity index (χ1v) is 3.63. The molecular formula is C7H14O3. The van der Waals surface area contributed by atoms with E-state index in [1.54, 1.807) is 6.92 Å². The van der Waals surface area contributed by atoms with Gasteiger partial charge in [0, 0.05) is 5.92 Å². The molecule has 0 aromatic carbocycles. The maximum Gasteiger partial charge on any atom is 0.159 e. The van der Waals surface area contributed by atoms with E-state index in [1.165, 1.54) is 0 Å². The summed E-state index contributed by atoms with van der Waals surface area (Å²) >= 11 is 0. The quantitative estimate of drug-likeness (QED) is 0.510. The molecule has 0 aromatic heterocycles. The van der Waals surface area contributed by atoms with Crippen molar-refractivity contribution in [1.29, 1.82) is 0 Å². The van der Waals surface area contributed by atoms with Gasteiger partial charge in [0.2, 0.25) is 0 Å².